The van der Waals surface area contributed by atoms with E-state index in [9.17, 15) is 4.79 Å². The SMILES string of the molecule is CNC(=O)c1cccc(CNc2ccc3cc(Br)cc(Cl)c3n2)c1. The van der Waals surface area contributed by atoms with E-state index in [0.717, 1.165) is 26.8 Å². The highest BCUT2D eigenvalue weighted by Crippen LogP contribution is 2.27. The molecule has 0 aliphatic rings. The second kappa shape index (κ2) is 7.20. The highest BCUT2D eigenvalue weighted by molar-refractivity contribution is 9.10. The van der Waals surface area contributed by atoms with Crippen molar-refractivity contribution in [3.63, 3.8) is 0 Å². The van der Waals surface area contributed by atoms with Crippen LogP contribution in [0.4, 0.5) is 5.82 Å². The fourth-order valence-electron chi connectivity index (χ4n) is 2.42. The molecule has 2 aromatic carbocycles. The number of nitrogens with zero attached hydrogens (tertiary/aromatic N) is 1. The summed E-state index contributed by atoms with van der Waals surface area (Å²) in [5.74, 6) is 0.634. The van der Waals surface area contributed by atoms with Gasteiger partial charge in [0.15, 0.2) is 0 Å². The van der Waals surface area contributed by atoms with Crippen molar-refractivity contribution in [2.75, 3.05) is 12.4 Å². The van der Waals surface area contributed by atoms with Crippen LogP contribution in [0.15, 0.2) is 53.0 Å². The maximum Gasteiger partial charge on any atom is 0.251 e. The molecular formula is C18H15BrClN3O. The van der Waals surface area contributed by atoms with Crippen LogP contribution in [0, 0.1) is 0 Å². The zero-order chi connectivity index (χ0) is 17.1. The van der Waals surface area contributed by atoms with Gasteiger partial charge >= 0.3 is 0 Å². The Balaban J connectivity index is 1.80. The summed E-state index contributed by atoms with van der Waals surface area (Å²) in [6, 6.07) is 15.2. The van der Waals surface area contributed by atoms with Gasteiger partial charge in [-0.1, -0.05) is 39.7 Å². The van der Waals surface area contributed by atoms with Gasteiger partial charge in [-0.05, 0) is 42.0 Å². The average molecular weight is 405 g/mol. The molecule has 6 heteroatoms. The summed E-state index contributed by atoms with van der Waals surface area (Å²) in [4.78, 5) is 16.3. The van der Waals surface area contributed by atoms with E-state index in [2.05, 4.69) is 31.5 Å². The number of halogens is 2. The van der Waals surface area contributed by atoms with Crippen molar-refractivity contribution < 1.29 is 4.79 Å². The largest absolute Gasteiger partial charge is 0.366 e. The third-order valence-electron chi connectivity index (χ3n) is 3.60. The van der Waals surface area contributed by atoms with Crippen LogP contribution in [0.2, 0.25) is 5.02 Å². The molecule has 0 spiro atoms. The van der Waals surface area contributed by atoms with Crippen LogP contribution in [0.5, 0.6) is 0 Å². The number of rotatable bonds is 4. The zero-order valence-corrected chi connectivity index (χ0v) is 15.3. The van der Waals surface area contributed by atoms with E-state index in [4.69, 9.17) is 11.6 Å². The summed E-state index contributed by atoms with van der Waals surface area (Å²) in [6.07, 6.45) is 0. The van der Waals surface area contributed by atoms with Crippen molar-refractivity contribution in [2.24, 2.45) is 0 Å². The van der Waals surface area contributed by atoms with Crippen LogP contribution in [0.1, 0.15) is 15.9 Å². The molecule has 3 rings (SSSR count). The molecular weight excluding hydrogens is 390 g/mol. The summed E-state index contributed by atoms with van der Waals surface area (Å²) in [5.41, 5.74) is 2.39. The molecule has 0 saturated carbocycles. The number of carbonyl (C=O) groups excluding carboxylic acids is 1. The van der Waals surface area contributed by atoms with E-state index in [1.165, 1.54) is 0 Å². The molecule has 0 fully saturated rings. The molecule has 0 aliphatic carbocycles. The van der Waals surface area contributed by atoms with Crippen LogP contribution in [-0.4, -0.2) is 17.9 Å². The molecule has 0 atom stereocenters. The highest BCUT2D eigenvalue weighted by atomic mass is 79.9. The Kier molecular flexibility index (Phi) is 5.02. The van der Waals surface area contributed by atoms with E-state index in [0.29, 0.717) is 17.1 Å². The van der Waals surface area contributed by atoms with Crippen molar-refractivity contribution >= 4 is 50.2 Å². The number of fused-ring (bicyclic) bond motifs is 1. The molecule has 0 unspecified atom stereocenters. The maximum absolute atomic E-state index is 11.7. The molecule has 4 nitrogen and oxygen atoms in total. The molecule has 1 amide bonds. The first-order chi connectivity index (χ1) is 11.6. The molecule has 1 heterocycles. The predicted octanol–water partition coefficient (Wildman–Crippen LogP) is 4.62. The smallest absolute Gasteiger partial charge is 0.251 e. The Hall–Kier alpha value is -2.11. The lowest BCUT2D eigenvalue weighted by molar-refractivity contribution is 0.0963. The van der Waals surface area contributed by atoms with Crippen LogP contribution in [-0.2, 0) is 6.54 Å². The first-order valence-corrected chi connectivity index (χ1v) is 8.54. The second-order valence-electron chi connectivity index (χ2n) is 5.29. The highest BCUT2D eigenvalue weighted by Gasteiger charge is 2.06. The number of nitrogens with one attached hydrogen (secondary N) is 2. The van der Waals surface area contributed by atoms with Crippen molar-refractivity contribution in [2.45, 2.75) is 6.54 Å². The minimum Gasteiger partial charge on any atom is -0.366 e. The quantitative estimate of drug-likeness (QED) is 0.667. The van der Waals surface area contributed by atoms with Crippen molar-refractivity contribution in [1.82, 2.24) is 10.3 Å². The Bertz CT molecular complexity index is 914. The molecule has 2 N–H and O–H groups in total. The van der Waals surface area contributed by atoms with Crippen molar-refractivity contribution in [1.29, 1.82) is 0 Å². The molecule has 3 aromatic rings. The minimum atomic E-state index is -0.0990. The Morgan fingerprint density at radius 3 is 2.83 bits per heavy atom. The summed E-state index contributed by atoms with van der Waals surface area (Å²) in [5, 5.41) is 7.46. The Labute approximate surface area is 153 Å². The van der Waals surface area contributed by atoms with Gasteiger partial charge in [0.05, 0.1) is 10.5 Å². The van der Waals surface area contributed by atoms with Gasteiger partial charge in [-0.25, -0.2) is 4.98 Å². The van der Waals surface area contributed by atoms with E-state index in [1.54, 1.807) is 13.1 Å². The molecule has 0 bridgehead atoms. The normalized spacial score (nSPS) is 10.6. The van der Waals surface area contributed by atoms with Gasteiger partial charge in [0.1, 0.15) is 5.82 Å². The maximum atomic E-state index is 11.7. The number of pyridine rings is 1. The van der Waals surface area contributed by atoms with Crippen molar-refractivity contribution in [3.8, 4) is 0 Å². The number of hydrogen-bond donors (Lipinski definition) is 2. The van der Waals surface area contributed by atoms with Crippen LogP contribution >= 0.6 is 27.5 Å². The van der Waals surface area contributed by atoms with Crippen molar-refractivity contribution in [3.05, 3.63) is 69.2 Å². The minimum absolute atomic E-state index is 0.0990. The van der Waals surface area contributed by atoms with Crippen LogP contribution < -0.4 is 10.6 Å². The van der Waals surface area contributed by atoms with E-state index in [1.807, 2.05) is 42.5 Å². The third-order valence-corrected chi connectivity index (χ3v) is 4.35. The number of aromatic nitrogens is 1. The number of hydrogen-bond acceptors (Lipinski definition) is 3. The fourth-order valence-corrected chi connectivity index (χ4v) is 3.29. The Morgan fingerprint density at radius 1 is 1.21 bits per heavy atom. The molecule has 0 aliphatic heterocycles. The molecule has 24 heavy (non-hydrogen) atoms. The summed E-state index contributed by atoms with van der Waals surface area (Å²) < 4.78 is 0.925. The fraction of sp³-hybridized carbons (Fsp3) is 0.111. The van der Waals surface area contributed by atoms with Gasteiger partial charge in [0.25, 0.3) is 5.91 Å². The molecule has 122 valence electrons. The lowest BCUT2D eigenvalue weighted by atomic mass is 10.1. The second-order valence-corrected chi connectivity index (χ2v) is 6.61. The lowest BCUT2D eigenvalue weighted by Gasteiger charge is -2.09. The molecule has 1 aromatic heterocycles. The van der Waals surface area contributed by atoms with E-state index < -0.39 is 0 Å². The monoisotopic (exact) mass is 403 g/mol. The van der Waals surface area contributed by atoms with Gasteiger partial charge in [-0.2, -0.15) is 0 Å². The zero-order valence-electron chi connectivity index (χ0n) is 12.9. The van der Waals surface area contributed by atoms with Gasteiger partial charge in [-0.15, -0.1) is 0 Å². The first kappa shape index (κ1) is 16.7. The topological polar surface area (TPSA) is 54.0 Å². The summed E-state index contributed by atoms with van der Waals surface area (Å²) >= 11 is 9.69. The van der Waals surface area contributed by atoms with E-state index >= 15 is 0 Å². The number of benzene rings is 2. The van der Waals surface area contributed by atoms with E-state index in [-0.39, 0.29) is 5.91 Å². The number of anilines is 1. The van der Waals surface area contributed by atoms with Crippen LogP contribution in [0.3, 0.4) is 0 Å². The first-order valence-electron chi connectivity index (χ1n) is 7.37. The summed E-state index contributed by atoms with van der Waals surface area (Å²) in [6.45, 7) is 0.567. The number of amides is 1. The van der Waals surface area contributed by atoms with Gasteiger partial charge in [0, 0.05) is 29.0 Å². The molecule has 0 saturated heterocycles. The lowest BCUT2D eigenvalue weighted by Crippen LogP contribution is -2.18. The van der Waals surface area contributed by atoms with Gasteiger partial charge in [0.2, 0.25) is 0 Å². The molecule has 0 radical (unpaired) electrons. The average Bonchev–Trinajstić information content (AvgIpc) is 2.59. The van der Waals surface area contributed by atoms with Gasteiger partial charge in [-0.3, -0.25) is 4.79 Å². The Morgan fingerprint density at radius 2 is 2.04 bits per heavy atom. The third kappa shape index (κ3) is 3.68. The van der Waals surface area contributed by atoms with Crippen LogP contribution in [0.25, 0.3) is 10.9 Å². The number of carbonyl (C=O) groups is 1. The predicted molar refractivity (Wildman–Crippen MR) is 102 cm³/mol. The van der Waals surface area contributed by atoms with Gasteiger partial charge < -0.3 is 10.6 Å². The standard InChI is InChI=1S/C18H15BrClN3O/c1-21-18(24)13-4-2-3-11(7-13)10-22-16-6-5-12-8-14(19)9-15(20)17(12)23-16/h2-9H,10H2,1H3,(H,21,24)(H,22,23). The summed E-state index contributed by atoms with van der Waals surface area (Å²) in [7, 11) is 1.62.